The van der Waals surface area contributed by atoms with E-state index in [1.54, 1.807) is 0 Å². The number of nitrogens with two attached hydrogens (primary N) is 1. The van der Waals surface area contributed by atoms with Gasteiger partial charge in [-0.3, -0.25) is 4.79 Å². The van der Waals surface area contributed by atoms with Gasteiger partial charge in [-0.05, 0) is 51.0 Å². The fraction of sp³-hybridized carbons (Fsp3) is 0.933. The van der Waals surface area contributed by atoms with Crippen LogP contribution in [0.15, 0.2) is 0 Å². The molecule has 0 bridgehead atoms. The van der Waals surface area contributed by atoms with Gasteiger partial charge in [-0.15, -0.1) is 0 Å². The van der Waals surface area contributed by atoms with Crippen LogP contribution in [0.5, 0.6) is 0 Å². The molecule has 0 unspecified atom stereocenters. The first-order chi connectivity index (χ1) is 9.26. The maximum Gasteiger partial charge on any atom is 0.226 e. The molecule has 2 aliphatic carbocycles. The summed E-state index contributed by atoms with van der Waals surface area (Å²) in [4.78, 5) is 14.6. The molecule has 0 aromatic heterocycles. The smallest absolute Gasteiger partial charge is 0.226 e. The average molecular weight is 268 g/mol. The van der Waals surface area contributed by atoms with Gasteiger partial charge in [0.1, 0.15) is 0 Å². The van der Waals surface area contributed by atoms with E-state index in [2.05, 4.69) is 0 Å². The summed E-state index contributed by atoms with van der Waals surface area (Å²) in [6, 6.07) is 0.381. The van der Waals surface area contributed by atoms with Gasteiger partial charge in [-0.2, -0.15) is 0 Å². The molecule has 0 aliphatic heterocycles. The normalized spacial score (nSPS) is 28.5. The van der Waals surface area contributed by atoms with Crippen molar-refractivity contribution in [3.63, 3.8) is 0 Å². The molecule has 0 saturated heterocycles. The van der Waals surface area contributed by atoms with E-state index in [9.17, 15) is 9.90 Å². The molecular weight excluding hydrogens is 240 g/mol. The molecule has 2 rings (SSSR count). The van der Waals surface area contributed by atoms with Crippen LogP contribution < -0.4 is 5.73 Å². The molecule has 19 heavy (non-hydrogen) atoms. The number of aliphatic hydroxyl groups is 1. The van der Waals surface area contributed by atoms with Crippen LogP contribution in [-0.2, 0) is 4.79 Å². The van der Waals surface area contributed by atoms with Gasteiger partial charge in [0, 0.05) is 18.5 Å². The van der Waals surface area contributed by atoms with Crippen LogP contribution in [0, 0.1) is 11.8 Å². The van der Waals surface area contributed by atoms with Crippen molar-refractivity contribution in [2.45, 2.75) is 57.4 Å². The zero-order chi connectivity index (χ0) is 13.7. The number of aliphatic hydroxyl groups excluding tert-OH is 1. The number of rotatable bonds is 5. The van der Waals surface area contributed by atoms with Crippen LogP contribution in [-0.4, -0.2) is 41.7 Å². The van der Waals surface area contributed by atoms with Crippen LogP contribution in [0.1, 0.15) is 51.4 Å². The Hall–Kier alpha value is -0.610. The summed E-state index contributed by atoms with van der Waals surface area (Å²) in [6.45, 7) is 1.35. The van der Waals surface area contributed by atoms with E-state index < -0.39 is 0 Å². The molecule has 0 spiro atoms. The van der Waals surface area contributed by atoms with Crippen molar-refractivity contribution in [3.05, 3.63) is 0 Å². The molecule has 2 aliphatic rings. The summed E-state index contributed by atoms with van der Waals surface area (Å²) in [5.41, 5.74) is 5.70. The predicted molar refractivity (Wildman–Crippen MR) is 75.6 cm³/mol. The monoisotopic (exact) mass is 268 g/mol. The fourth-order valence-electron chi connectivity index (χ4n) is 3.68. The van der Waals surface area contributed by atoms with Crippen molar-refractivity contribution in [2.24, 2.45) is 17.6 Å². The van der Waals surface area contributed by atoms with Crippen LogP contribution in [0.25, 0.3) is 0 Å². The molecule has 0 aromatic rings. The quantitative estimate of drug-likeness (QED) is 0.794. The van der Waals surface area contributed by atoms with Crippen molar-refractivity contribution in [2.75, 3.05) is 19.7 Å². The Morgan fingerprint density at radius 2 is 1.74 bits per heavy atom. The summed E-state index contributed by atoms with van der Waals surface area (Å²) in [7, 11) is 0. The van der Waals surface area contributed by atoms with Gasteiger partial charge in [0.25, 0.3) is 0 Å². The second kappa shape index (κ2) is 7.25. The van der Waals surface area contributed by atoms with E-state index in [4.69, 9.17) is 5.73 Å². The lowest BCUT2D eigenvalue weighted by Gasteiger charge is -2.34. The molecule has 4 heteroatoms. The summed E-state index contributed by atoms with van der Waals surface area (Å²) in [6.07, 6.45) is 8.81. The highest BCUT2D eigenvalue weighted by Crippen LogP contribution is 2.32. The third kappa shape index (κ3) is 3.69. The van der Waals surface area contributed by atoms with Gasteiger partial charge in [0.15, 0.2) is 0 Å². The van der Waals surface area contributed by atoms with Crippen LogP contribution in [0.3, 0.4) is 0 Å². The summed E-state index contributed by atoms with van der Waals surface area (Å²) in [5.74, 6) is 1.08. The Morgan fingerprint density at radius 3 is 2.26 bits per heavy atom. The number of amides is 1. The van der Waals surface area contributed by atoms with Crippen molar-refractivity contribution >= 4 is 5.91 Å². The van der Waals surface area contributed by atoms with Gasteiger partial charge < -0.3 is 15.7 Å². The SMILES string of the molecule is NCC1CCC(C(=O)N(CCO)C2CCCC2)CC1. The lowest BCUT2D eigenvalue weighted by Crippen LogP contribution is -2.45. The highest BCUT2D eigenvalue weighted by atomic mass is 16.3. The van der Waals surface area contributed by atoms with E-state index in [0.717, 1.165) is 45.1 Å². The first kappa shape index (κ1) is 14.8. The number of hydrogen-bond donors (Lipinski definition) is 2. The zero-order valence-corrected chi connectivity index (χ0v) is 11.9. The summed E-state index contributed by atoms with van der Waals surface area (Å²) >= 11 is 0. The number of nitrogens with zero attached hydrogens (tertiary/aromatic N) is 1. The van der Waals surface area contributed by atoms with Gasteiger partial charge in [-0.1, -0.05) is 12.8 Å². The van der Waals surface area contributed by atoms with Crippen LogP contribution >= 0.6 is 0 Å². The second-order valence-corrected chi connectivity index (χ2v) is 6.15. The molecule has 1 amide bonds. The highest BCUT2D eigenvalue weighted by Gasteiger charge is 2.33. The minimum atomic E-state index is 0.0837. The van der Waals surface area contributed by atoms with E-state index in [0.29, 0.717) is 18.5 Å². The van der Waals surface area contributed by atoms with Crippen molar-refractivity contribution in [3.8, 4) is 0 Å². The maximum atomic E-state index is 12.7. The molecule has 0 aromatic carbocycles. The minimum Gasteiger partial charge on any atom is -0.395 e. The molecule has 110 valence electrons. The molecule has 2 saturated carbocycles. The Labute approximate surface area is 116 Å². The largest absolute Gasteiger partial charge is 0.395 e. The topological polar surface area (TPSA) is 66.6 Å². The predicted octanol–water partition coefficient (Wildman–Crippen LogP) is 1.51. The Balaban J connectivity index is 1.91. The molecule has 2 fully saturated rings. The third-order valence-electron chi connectivity index (χ3n) is 4.92. The van der Waals surface area contributed by atoms with E-state index in [1.807, 2.05) is 4.90 Å². The van der Waals surface area contributed by atoms with Crippen molar-refractivity contribution in [1.29, 1.82) is 0 Å². The molecule has 4 nitrogen and oxygen atoms in total. The van der Waals surface area contributed by atoms with Crippen LogP contribution in [0.2, 0.25) is 0 Å². The van der Waals surface area contributed by atoms with E-state index in [-0.39, 0.29) is 18.4 Å². The average Bonchev–Trinajstić information content (AvgIpc) is 2.98. The van der Waals surface area contributed by atoms with Gasteiger partial charge >= 0.3 is 0 Å². The molecule has 3 N–H and O–H groups in total. The minimum absolute atomic E-state index is 0.0837. The van der Waals surface area contributed by atoms with Crippen molar-refractivity contribution < 1.29 is 9.90 Å². The Kier molecular flexibility index (Phi) is 5.64. The van der Waals surface area contributed by atoms with Gasteiger partial charge in [0.2, 0.25) is 5.91 Å². The number of carbonyl (C=O) groups excluding carboxylic acids is 1. The standard InChI is InChI=1S/C15H28N2O2/c16-11-12-5-7-13(8-6-12)15(19)17(9-10-18)14-3-1-2-4-14/h12-14,18H,1-11,16H2. The second-order valence-electron chi connectivity index (χ2n) is 6.15. The van der Waals surface area contributed by atoms with E-state index >= 15 is 0 Å². The molecular formula is C15H28N2O2. The summed E-state index contributed by atoms with van der Waals surface area (Å²) in [5, 5.41) is 9.21. The summed E-state index contributed by atoms with van der Waals surface area (Å²) < 4.78 is 0. The Morgan fingerprint density at radius 1 is 1.11 bits per heavy atom. The molecule has 0 atom stereocenters. The molecule has 0 heterocycles. The fourth-order valence-corrected chi connectivity index (χ4v) is 3.68. The highest BCUT2D eigenvalue weighted by molar-refractivity contribution is 5.79. The maximum absolute atomic E-state index is 12.7. The van der Waals surface area contributed by atoms with Gasteiger partial charge in [-0.25, -0.2) is 0 Å². The first-order valence-electron chi connectivity index (χ1n) is 7.87. The Bertz CT molecular complexity index is 282. The van der Waals surface area contributed by atoms with Crippen LogP contribution in [0.4, 0.5) is 0 Å². The lowest BCUT2D eigenvalue weighted by molar-refractivity contribution is -0.139. The zero-order valence-electron chi connectivity index (χ0n) is 11.9. The number of carbonyl (C=O) groups is 1. The molecule has 0 radical (unpaired) electrons. The third-order valence-corrected chi connectivity index (χ3v) is 4.92. The van der Waals surface area contributed by atoms with Gasteiger partial charge in [0.05, 0.1) is 6.61 Å². The lowest BCUT2D eigenvalue weighted by atomic mass is 9.81. The first-order valence-corrected chi connectivity index (χ1v) is 7.87. The van der Waals surface area contributed by atoms with Crippen molar-refractivity contribution in [1.82, 2.24) is 4.90 Å². The van der Waals surface area contributed by atoms with E-state index in [1.165, 1.54) is 12.8 Å². The number of hydrogen-bond acceptors (Lipinski definition) is 3.